The zero-order valence-corrected chi connectivity index (χ0v) is 14.1. The van der Waals surface area contributed by atoms with E-state index in [0.717, 1.165) is 5.39 Å². The summed E-state index contributed by atoms with van der Waals surface area (Å²) in [6.07, 6.45) is 0. The van der Waals surface area contributed by atoms with Gasteiger partial charge < -0.3 is 10.4 Å². The predicted molar refractivity (Wildman–Crippen MR) is 101 cm³/mol. The molecule has 0 fully saturated rings. The van der Waals surface area contributed by atoms with Gasteiger partial charge in [0, 0.05) is 16.7 Å². The molecule has 3 aromatic rings. The Hall–Kier alpha value is -2.86. The monoisotopic (exact) mass is 352 g/mol. The van der Waals surface area contributed by atoms with Crippen molar-refractivity contribution < 1.29 is 14.7 Å². The lowest BCUT2D eigenvalue weighted by Crippen LogP contribution is -2.32. The van der Waals surface area contributed by atoms with Crippen molar-refractivity contribution in [3.8, 4) is 0 Å². The van der Waals surface area contributed by atoms with E-state index in [9.17, 15) is 14.7 Å². The predicted octanol–water partition coefficient (Wildman–Crippen LogP) is 3.26. The summed E-state index contributed by atoms with van der Waals surface area (Å²) in [7, 11) is 0. The summed E-state index contributed by atoms with van der Waals surface area (Å²) in [5.41, 5.74) is 1.52. The molecule has 0 amide bonds. The SMILES string of the molecule is O=C(c1ccccc1)c1cc2ccccc2nc1NC(CS)C(=O)O. The van der Waals surface area contributed by atoms with Crippen LogP contribution in [0.1, 0.15) is 15.9 Å². The average Bonchev–Trinajstić information content (AvgIpc) is 2.65. The number of benzene rings is 2. The number of fused-ring (bicyclic) bond motifs is 1. The molecule has 0 aliphatic carbocycles. The van der Waals surface area contributed by atoms with Crippen molar-refractivity contribution in [2.24, 2.45) is 0 Å². The van der Waals surface area contributed by atoms with Gasteiger partial charge in [-0.25, -0.2) is 9.78 Å². The molecular weight excluding hydrogens is 336 g/mol. The number of pyridine rings is 1. The van der Waals surface area contributed by atoms with Crippen LogP contribution >= 0.6 is 12.6 Å². The van der Waals surface area contributed by atoms with Gasteiger partial charge in [-0.1, -0.05) is 48.5 Å². The van der Waals surface area contributed by atoms with Gasteiger partial charge in [0.15, 0.2) is 5.78 Å². The number of nitrogens with one attached hydrogen (secondary N) is 1. The lowest BCUT2D eigenvalue weighted by molar-refractivity contribution is -0.137. The van der Waals surface area contributed by atoms with Crippen LogP contribution in [0.15, 0.2) is 60.7 Å². The van der Waals surface area contributed by atoms with Gasteiger partial charge in [0.25, 0.3) is 0 Å². The molecular formula is C19H16N2O3S. The first kappa shape index (κ1) is 17.0. The van der Waals surface area contributed by atoms with E-state index in [2.05, 4.69) is 22.9 Å². The highest BCUT2D eigenvalue weighted by molar-refractivity contribution is 7.80. The molecule has 5 nitrogen and oxygen atoms in total. The van der Waals surface area contributed by atoms with Crippen molar-refractivity contribution in [1.82, 2.24) is 4.98 Å². The number of thiol groups is 1. The van der Waals surface area contributed by atoms with Gasteiger partial charge >= 0.3 is 5.97 Å². The first-order valence-electron chi connectivity index (χ1n) is 7.70. The standard InChI is InChI=1S/C19H16N2O3S/c22-17(12-6-2-1-3-7-12)14-10-13-8-4-5-9-15(13)20-18(14)21-16(11-25)19(23)24/h1-10,16,25H,11H2,(H,20,21)(H,23,24). The molecule has 2 N–H and O–H groups in total. The minimum absolute atomic E-state index is 0.0722. The molecule has 1 aromatic heterocycles. The second kappa shape index (κ2) is 7.36. The van der Waals surface area contributed by atoms with E-state index >= 15 is 0 Å². The minimum Gasteiger partial charge on any atom is -0.480 e. The quantitative estimate of drug-likeness (QED) is 0.469. The fraction of sp³-hybridized carbons (Fsp3) is 0.105. The van der Waals surface area contributed by atoms with Gasteiger partial charge in [0.2, 0.25) is 0 Å². The van der Waals surface area contributed by atoms with Crippen LogP contribution in [0.2, 0.25) is 0 Å². The number of aliphatic carboxylic acids is 1. The number of hydrogen-bond acceptors (Lipinski definition) is 5. The molecule has 126 valence electrons. The van der Waals surface area contributed by atoms with Gasteiger partial charge in [0.05, 0.1) is 11.1 Å². The molecule has 0 radical (unpaired) electrons. The van der Waals surface area contributed by atoms with Crippen molar-refractivity contribution in [3.05, 3.63) is 71.8 Å². The zero-order valence-electron chi connectivity index (χ0n) is 13.2. The minimum atomic E-state index is -1.05. The molecule has 0 spiro atoms. The first-order valence-corrected chi connectivity index (χ1v) is 8.33. The van der Waals surface area contributed by atoms with Crippen LogP contribution in [-0.2, 0) is 4.79 Å². The van der Waals surface area contributed by atoms with E-state index in [0.29, 0.717) is 16.6 Å². The fourth-order valence-electron chi connectivity index (χ4n) is 2.49. The highest BCUT2D eigenvalue weighted by Crippen LogP contribution is 2.24. The molecule has 1 heterocycles. The summed E-state index contributed by atoms with van der Waals surface area (Å²) in [5, 5.41) is 12.9. The zero-order chi connectivity index (χ0) is 17.8. The molecule has 0 aliphatic heterocycles. The Labute approximate surface area is 150 Å². The van der Waals surface area contributed by atoms with Crippen LogP contribution in [0, 0.1) is 0 Å². The van der Waals surface area contributed by atoms with Gasteiger partial charge in [-0.15, -0.1) is 0 Å². The van der Waals surface area contributed by atoms with Gasteiger partial charge in [-0.05, 0) is 12.1 Å². The lowest BCUT2D eigenvalue weighted by atomic mass is 10.0. The maximum Gasteiger partial charge on any atom is 0.327 e. The Morgan fingerprint density at radius 1 is 1.08 bits per heavy atom. The lowest BCUT2D eigenvalue weighted by Gasteiger charge is -2.16. The number of para-hydroxylation sites is 1. The molecule has 1 atom stereocenters. The van der Waals surface area contributed by atoms with Crippen molar-refractivity contribution >= 4 is 41.1 Å². The van der Waals surface area contributed by atoms with E-state index in [1.165, 1.54) is 0 Å². The summed E-state index contributed by atoms with van der Waals surface area (Å²) < 4.78 is 0. The van der Waals surface area contributed by atoms with E-state index < -0.39 is 12.0 Å². The van der Waals surface area contributed by atoms with E-state index in [1.807, 2.05) is 30.3 Å². The summed E-state index contributed by atoms with van der Waals surface area (Å²) >= 11 is 4.06. The van der Waals surface area contributed by atoms with E-state index in [-0.39, 0.29) is 17.4 Å². The molecule has 25 heavy (non-hydrogen) atoms. The Balaban J connectivity index is 2.12. The van der Waals surface area contributed by atoms with Gasteiger partial charge in [-0.3, -0.25) is 4.79 Å². The second-order valence-electron chi connectivity index (χ2n) is 5.49. The second-order valence-corrected chi connectivity index (χ2v) is 5.86. The highest BCUT2D eigenvalue weighted by Gasteiger charge is 2.21. The highest BCUT2D eigenvalue weighted by atomic mass is 32.1. The van der Waals surface area contributed by atoms with Crippen LogP contribution in [0.3, 0.4) is 0 Å². The smallest absolute Gasteiger partial charge is 0.327 e. The summed E-state index contributed by atoms with van der Waals surface area (Å²) in [4.78, 5) is 28.7. The molecule has 2 aromatic carbocycles. The largest absolute Gasteiger partial charge is 0.480 e. The van der Waals surface area contributed by atoms with Crippen molar-refractivity contribution in [3.63, 3.8) is 0 Å². The number of carboxylic acids is 1. The van der Waals surface area contributed by atoms with Crippen molar-refractivity contribution in [2.45, 2.75) is 6.04 Å². The molecule has 1 unspecified atom stereocenters. The Kier molecular flexibility index (Phi) is 5.00. The number of carbonyl (C=O) groups is 2. The molecule has 0 saturated heterocycles. The van der Waals surface area contributed by atoms with E-state index in [4.69, 9.17) is 0 Å². The molecule has 6 heteroatoms. The number of anilines is 1. The fourth-order valence-corrected chi connectivity index (χ4v) is 2.74. The molecule has 3 rings (SSSR count). The Bertz CT molecular complexity index is 928. The Morgan fingerprint density at radius 2 is 1.76 bits per heavy atom. The summed E-state index contributed by atoms with van der Waals surface area (Å²) in [6.45, 7) is 0. The third-order valence-electron chi connectivity index (χ3n) is 3.80. The van der Waals surface area contributed by atoms with Crippen LogP contribution in [-0.4, -0.2) is 33.6 Å². The van der Waals surface area contributed by atoms with Gasteiger partial charge in [0.1, 0.15) is 11.9 Å². The van der Waals surface area contributed by atoms with Crippen LogP contribution in [0.4, 0.5) is 5.82 Å². The molecule has 0 bridgehead atoms. The van der Waals surface area contributed by atoms with Crippen LogP contribution in [0.25, 0.3) is 10.9 Å². The summed E-state index contributed by atoms with van der Waals surface area (Å²) in [5.74, 6) is -0.954. The molecule has 0 aliphatic rings. The number of nitrogens with zero attached hydrogens (tertiary/aromatic N) is 1. The van der Waals surface area contributed by atoms with Crippen LogP contribution < -0.4 is 5.32 Å². The van der Waals surface area contributed by atoms with Crippen molar-refractivity contribution in [1.29, 1.82) is 0 Å². The van der Waals surface area contributed by atoms with Gasteiger partial charge in [-0.2, -0.15) is 12.6 Å². The Morgan fingerprint density at radius 3 is 2.44 bits per heavy atom. The maximum absolute atomic E-state index is 12.9. The maximum atomic E-state index is 12.9. The first-order chi connectivity index (χ1) is 12.1. The number of carbonyl (C=O) groups excluding carboxylic acids is 1. The molecule has 0 saturated carbocycles. The van der Waals surface area contributed by atoms with Crippen LogP contribution in [0.5, 0.6) is 0 Å². The normalized spacial score (nSPS) is 11.9. The van der Waals surface area contributed by atoms with Crippen molar-refractivity contribution in [2.75, 3.05) is 11.1 Å². The number of rotatable bonds is 6. The van der Waals surface area contributed by atoms with E-state index in [1.54, 1.807) is 30.3 Å². The third-order valence-corrected chi connectivity index (χ3v) is 4.16. The summed E-state index contributed by atoms with van der Waals surface area (Å²) in [6, 6.07) is 17.0. The number of ketones is 1. The number of hydrogen-bond donors (Lipinski definition) is 3. The number of aromatic nitrogens is 1. The average molecular weight is 352 g/mol. The third kappa shape index (κ3) is 3.64. The number of carboxylic acid groups (broad SMARTS) is 1. The topological polar surface area (TPSA) is 79.3 Å².